The Bertz CT molecular complexity index is 433. The van der Waals surface area contributed by atoms with Crippen molar-refractivity contribution in [2.75, 3.05) is 19.5 Å². The zero-order chi connectivity index (χ0) is 12.8. The molecule has 0 amide bonds. The normalized spacial score (nSPS) is 9.76. The van der Waals surface area contributed by atoms with Gasteiger partial charge in [0.2, 0.25) is 0 Å². The molecule has 0 saturated carbocycles. The SMILES string of the molecule is COC(=O)CCOC(=O)c1ccc(F)c(N)c1. The molecule has 2 N–H and O–H groups in total. The number of esters is 2. The van der Waals surface area contributed by atoms with Crippen molar-refractivity contribution in [2.24, 2.45) is 0 Å². The van der Waals surface area contributed by atoms with Crippen molar-refractivity contribution in [1.82, 2.24) is 0 Å². The first-order chi connectivity index (χ1) is 8.04. The van der Waals surface area contributed by atoms with Crippen molar-refractivity contribution in [2.45, 2.75) is 6.42 Å². The van der Waals surface area contributed by atoms with Gasteiger partial charge in [-0.2, -0.15) is 0 Å². The smallest absolute Gasteiger partial charge is 0.338 e. The minimum absolute atomic E-state index is 0.0289. The molecule has 0 radical (unpaired) electrons. The summed E-state index contributed by atoms with van der Waals surface area (Å²) in [7, 11) is 1.24. The Hall–Kier alpha value is -2.11. The molecule has 0 aliphatic heterocycles. The van der Waals surface area contributed by atoms with E-state index in [1.165, 1.54) is 19.2 Å². The molecule has 0 atom stereocenters. The number of carbonyl (C=O) groups excluding carboxylic acids is 2. The molecule has 17 heavy (non-hydrogen) atoms. The number of halogens is 1. The lowest BCUT2D eigenvalue weighted by Gasteiger charge is -2.05. The summed E-state index contributed by atoms with van der Waals surface area (Å²) in [4.78, 5) is 22.2. The number of nitrogen functional groups attached to an aromatic ring is 1. The Morgan fingerprint density at radius 2 is 2.12 bits per heavy atom. The molecule has 0 aromatic heterocycles. The Labute approximate surface area is 97.3 Å². The van der Waals surface area contributed by atoms with Crippen molar-refractivity contribution in [3.8, 4) is 0 Å². The van der Waals surface area contributed by atoms with E-state index >= 15 is 0 Å². The number of anilines is 1. The third-order valence-corrected chi connectivity index (χ3v) is 2.00. The Morgan fingerprint density at radius 1 is 1.41 bits per heavy atom. The van der Waals surface area contributed by atoms with Gasteiger partial charge in [-0.1, -0.05) is 0 Å². The van der Waals surface area contributed by atoms with Crippen molar-refractivity contribution in [1.29, 1.82) is 0 Å². The minimum Gasteiger partial charge on any atom is -0.469 e. The second-order valence-electron chi connectivity index (χ2n) is 3.20. The third kappa shape index (κ3) is 3.75. The lowest BCUT2D eigenvalue weighted by atomic mass is 10.2. The van der Waals surface area contributed by atoms with E-state index < -0.39 is 17.8 Å². The van der Waals surface area contributed by atoms with Crippen molar-refractivity contribution >= 4 is 17.6 Å². The maximum Gasteiger partial charge on any atom is 0.338 e. The highest BCUT2D eigenvalue weighted by atomic mass is 19.1. The van der Waals surface area contributed by atoms with Gasteiger partial charge in [0.1, 0.15) is 12.4 Å². The monoisotopic (exact) mass is 241 g/mol. The Kier molecular flexibility index (Phi) is 4.45. The number of benzene rings is 1. The first-order valence-electron chi connectivity index (χ1n) is 4.83. The van der Waals surface area contributed by atoms with Crippen LogP contribution >= 0.6 is 0 Å². The highest BCUT2D eigenvalue weighted by Gasteiger charge is 2.10. The summed E-state index contributed by atoms with van der Waals surface area (Å²) in [5, 5.41) is 0. The number of rotatable bonds is 4. The van der Waals surface area contributed by atoms with E-state index in [1.54, 1.807) is 0 Å². The number of nitrogens with two attached hydrogens (primary N) is 1. The molecule has 0 bridgehead atoms. The van der Waals surface area contributed by atoms with Crippen LogP contribution < -0.4 is 5.73 Å². The number of hydrogen-bond acceptors (Lipinski definition) is 5. The van der Waals surface area contributed by atoms with Gasteiger partial charge in [0, 0.05) is 0 Å². The predicted octanol–water partition coefficient (Wildman–Crippen LogP) is 1.13. The maximum atomic E-state index is 12.8. The average molecular weight is 241 g/mol. The van der Waals surface area contributed by atoms with Crippen LogP contribution in [-0.4, -0.2) is 25.7 Å². The zero-order valence-electron chi connectivity index (χ0n) is 9.23. The fourth-order valence-electron chi connectivity index (χ4n) is 1.08. The molecule has 1 aromatic carbocycles. The quantitative estimate of drug-likeness (QED) is 0.631. The topological polar surface area (TPSA) is 78.6 Å². The molecule has 1 rings (SSSR count). The van der Waals surface area contributed by atoms with Crippen molar-refractivity contribution in [3.05, 3.63) is 29.6 Å². The Morgan fingerprint density at radius 3 is 2.71 bits per heavy atom. The zero-order valence-corrected chi connectivity index (χ0v) is 9.23. The van der Waals surface area contributed by atoms with E-state index in [0.717, 1.165) is 6.07 Å². The molecule has 0 aliphatic carbocycles. The van der Waals surface area contributed by atoms with Gasteiger partial charge in [0.15, 0.2) is 0 Å². The number of methoxy groups -OCH3 is 1. The first kappa shape index (κ1) is 13.0. The third-order valence-electron chi connectivity index (χ3n) is 2.00. The molecule has 0 heterocycles. The van der Waals surface area contributed by atoms with Crippen LogP contribution in [0.1, 0.15) is 16.8 Å². The van der Waals surface area contributed by atoms with Crippen LogP contribution in [-0.2, 0) is 14.3 Å². The second kappa shape index (κ2) is 5.83. The average Bonchev–Trinajstić information content (AvgIpc) is 2.32. The summed E-state index contributed by atoms with van der Waals surface area (Å²) < 4.78 is 22.0. The number of hydrogen-bond donors (Lipinski definition) is 1. The van der Waals surface area contributed by atoms with Gasteiger partial charge in [0.25, 0.3) is 0 Å². The fourth-order valence-corrected chi connectivity index (χ4v) is 1.08. The summed E-state index contributed by atoms with van der Waals surface area (Å²) in [6, 6.07) is 3.51. The van der Waals surface area contributed by atoms with Gasteiger partial charge in [-0.05, 0) is 18.2 Å². The van der Waals surface area contributed by atoms with E-state index in [0.29, 0.717) is 0 Å². The van der Waals surface area contributed by atoms with Crippen LogP contribution in [0.3, 0.4) is 0 Å². The summed E-state index contributed by atoms with van der Waals surface area (Å²) in [5.41, 5.74) is 5.30. The van der Waals surface area contributed by atoms with Gasteiger partial charge < -0.3 is 15.2 Å². The van der Waals surface area contributed by atoms with Crippen molar-refractivity contribution < 1.29 is 23.5 Å². The first-order valence-corrected chi connectivity index (χ1v) is 4.83. The molecule has 0 aliphatic rings. The number of carbonyl (C=O) groups is 2. The van der Waals surface area contributed by atoms with Gasteiger partial charge in [-0.15, -0.1) is 0 Å². The molecular formula is C11H12FNO4. The summed E-state index contributed by atoms with van der Waals surface area (Å²) in [5.74, 6) is -1.74. The van der Waals surface area contributed by atoms with Crippen LogP contribution in [0.2, 0.25) is 0 Å². The van der Waals surface area contributed by atoms with Gasteiger partial charge in [0.05, 0.1) is 24.8 Å². The van der Waals surface area contributed by atoms with Crippen LogP contribution in [0.15, 0.2) is 18.2 Å². The largest absolute Gasteiger partial charge is 0.469 e. The fraction of sp³-hybridized carbons (Fsp3) is 0.273. The molecule has 0 saturated heterocycles. The van der Waals surface area contributed by atoms with Crippen LogP contribution in [0.4, 0.5) is 10.1 Å². The molecule has 0 unspecified atom stereocenters. The molecular weight excluding hydrogens is 229 g/mol. The standard InChI is InChI=1S/C11H12FNO4/c1-16-10(14)4-5-17-11(15)7-2-3-8(12)9(13)6-7/h2-3,6H,4-5,13H2,1H3. The summed E-state index contributed by atoms with van der Waals surface area (Å²) in [6.45, 7) is -0.0945. The van der Waals surface area contributed by atoms with Gasteiger partial charge >= 0.3 is 11.9 Å². The van der Waals surface area contributed by atoms with Crippen LogP contribution in [0.5, 0.6) is 0 Å². The van der Waals surface area contributed by atoms with Gasteiger partial charge in [-0.25, -0.2) is 9.18 Å². The van der Waals surface area contributed by atoms with Gasteiger partial charge in [-0.3, -0.25) is 4.79 Å². The summed E-state index contributed by atoms with van der Waals surface area (Å²) >= 11 is 0. The van der Waals surface area contributed by atoms with E-state index in [1.807, 2.05) is 0 Å². The van der Waals surface area contributed by atoms with E-state index in [-0.39, 0.29) is 24.3 Å². The minimum atomic E-state index is -0.666. The van der Waals surface area contributed by atoms with E-state index in [2.05, 4.69) is 4.74 Å². The van der Waals surface area contributed by atoms with Crippen LogP contribution in [0, 0.1) is 5.82 Å². The van der Waals surface area contributed by atoms with Crippen molar-refractivity contribution in [3.63, 3.8) is 0 Å². The number of ether oxygens (including phenoxy) is 2. The Balaban J connectivity index is 2.52. The molecule has 0 spiro atoms. The lowest BCUT2D eigenvalue weighted by Crippen LogP contribution is -2.11. The highest BCUT2D eigenvalue weighted by Crippen LogP contribution is 2.13. The molecule has 6 heteroatoms. The lowest BCUT2D eigenvalue weighted by molar-refractivity contribution is -0.141. The molecule has 1 aromatic rings. The maximum absolute atomic E-state index is 12.8. The molecule has 5 nitrogen and oxygen atoms in total. The van der Waals surface area contributed by atoms with E-state index in [9.17, 15) is 14.0 Å². The highest BCUT2D eigenvalue weighted by molar-refractivity contribution is 5.90. The van der Waals surface area contributed by atoms with E-state index in [4.69, 9.17) is 10.5 Å². The van der Waals surface area contributed by atoms with Crippen LogP contribution in [0.25, 0.3) is 0 Å². The summed E-state index contributed by atoms with van der Waals surface area (Å²) in [6.07, 6.45) is -0.0289. The molecule has 0 fully saturated rings. The predicted molar refractivity (Wildman–Crippen MR) is 57.7 cm³/mol. The molecule has 92 valence electrons. The second-order valence-corrected chi connectivity index (χ2v) is 3.20.